The molecule has 5 nitrogen and oxygen atoms in total. The first-order valence-corrected chi connectivity index (χ1v) is 8.06. The summed E-state index contributed by atoms with van der Waals surface area (Å²) in [4.78, 5) is 11.8. The van der Waals surface area contributed by atoms with Crippen LogP contribution in [0.3, 0.4) is 0 Å². The summed E-state index contributed by atoms with van der Waals surface area (Å²) in [6.45, 7) is 5.78. The van der Waals surface area contributed by atoms with Crippen LogP contribution >= 0.6 is 0 Å². The zero-order chi connectivity index (χ0) is 15.8. The molecule has 1 amide bonds. The van der Waals surface area contributed by atoms with Crippen LogP contribution in [-0.4, -0.2) is 37.8 Å². The number of nitrogens with one attached hydrogen (secondary N) is 2. The van der Waals surface area contributed by atoms with Crippen LogP contribution in [0, 0.1) is 0 Å². The van der Waals surface area contributed by atoms with Crippen molar-refractivity contribution >= 4 is 11.6 Å². The molecule has 2 N–H and O–H groups in total. The summed E-state index contributed by atoms with van der Waals surface area (Å²) in [7, 11) is 0. The number of carbonyl (C=O) groups is 1. The largest absolute Gasteiger partial charge is 0.491 e. The predicted molar refractivity (Wildman–Crippen MR) is 87.3 cm³/mol. The van der Waals surface area contributed by atoms with E-state index in [0.29, 0.717) is 6.54 Å². The second-order valence-electron chi connectivity index (χ2n) is 5.66. The Morgan fingerprint density at radius 1 is 1.50 bits per heavy atom. The Labute approximate surface area is 132 Å². The molecule has 0 spiro atoms. The first kappa shape index (κ1) is 16.6. The minimum absolute atomic E-state index is 0.0243. The van der Waals surface area contributed by atoms with Gasteiger partial charge in [0.05, 0.1) is 18.8 Å². The molecule has 1 aliphatic heterocycles. The van der Waals surface area contributed by atoms with Gasteiger partial charge in [0, 0.05) is 24.9 Å². The fourth-order valence-corrected chi connectivity index (χ4v) is 2.27. The molecule has 0 aliphatic carbocycles. The van der Waals surface area contributed by atoms with Crippen LogP contribution in [-0.2, 0) is 9.53 Å². The second-order valence-corrected chi connectivity index (χ2v) is 5.66. The van der Waals surface area contributed by atoms with Crippen LogP contribution in [0.5, 0.6) is 5.75 Å². The van der Waals surface area contributed by atoms with Crippen LogP contribution < -0.4 is 15.4 Å². The monoisotopic (exact) mass is 306 g/mol. The molecule has 0 saturated carbocycles. The van der Waals surface area contributed by atoms with Crippen molar-refractivity contribution in [2.75, 3.05) is 25.0 Å². The Hall–Kier alpha value is -1.75. The Kier molecular flexibility index (Phi) is 6.52. The van der Waals surface area contributed by atoms with E-state index in [-0.39, 0.29) is 24.7 Å². The summed E-state index contributed by atoms with van der Waals surface area (Å²) in [5, 5.41) is 6.01. The van der Waals surface area contributed by atoms with E-state index in [1.54, 1.807) is 0 Å². The molecule has 2 atom stereocenters. The van der Waals surface area contributed by atoms with Gasteiger partial charge in [-0.3, -0.25) is 4.79 Å². The molecule has 1 aromatic rings. The average molecular weight is 306 g/mol. The van der Waals surface area contributed by atoms with Gasteiger partial charge in [0.15, 0.2) is 0 Å². The van der Waals surface area contributed by atoms with Crippen molar-refractivity contribution in [1.82, 2.24) is 5.32 Å². The number of ether oxygens (including phenoxy) is 2. The van der Waals surface area contributed by atoms with Gasteiger partial charge in [-0.2, -0.15) is 0 Å². The zero-order valence-corrected chi connectivity index (χ0v) is 13.4. The van der Waals surface area contributed by atoms with E-state index in [4.69, 9.17) is 9.47 Å². The van der Waals surface area contributed by atoms with E-state index in [1.807, 2.05) is 31.2 Å². The first-order valence-electron chi connectivity index (χ1n) is 8.06. The maximum absolute atomic E-state index is 11.8. The van der Waals surface area contributed by atoms with E-state index in [0.717, 1.165) is 37.3 Å². The Morgan fingerprint density at radius 2 is 2.36 bits per heavy atom. The zero-order valence-electron chi connectivity index (χ0n) is 13.4. The van der Waals surface area contributed by atoms with Crippen molar-refractivity contribution in [2.24, 2.45) is 0 Å². The highest BCUT2D eigenvalue weighted by atomic mass is 16.5. The highest BCUT2D eigenvalue weighted by molar-refractivity contribution is 5.80. The van der Waals surface area contributed by atoms with Crippen LogP contribution in [0.25, 0.3) is 0 Å². The summed E-state index contributed by atoms with van der Waals surface area (Å²) >= 11 is 0. The van der Waals surface area contributed by atoms with Crippen LogP contribution in [0.4, 0.5) is 5.69 Å². The highest BCUT2D eigenvalue weighted by Gasteiger charge is 2.15. The fraction of sp³-hybridized carbons (Fsp3) is 0.588. The second kappa shape index (κ2) is 8.63. The number of anilines is 1. The smallest absolute Gasteiger partial charge is 0.239 e. The third kappa shape index (κ3) is 5.56. The third-order valence-corrected chi connectivity index (χ3v) is 3.75. The standard InChI is InChI=1S/C17H26N2O3/c1-3-13(2)22-15-7-4-6-14(10-15)18-12-17(20)19-11-16-8-5-9-21-16/h4,6-7,10,13,16,18H,3,5,8-9,11-12H2,1-2H3,(H,19,20). The summed E-state index contributed by atoms with van der Waals surface area (Å²) in [5.41, 5.74) is 0.882. The third-order valence-electron chi connectivity index (χ3n) is 3.75. The van der Waals surface area contributed by atoms with Crippen molar-refractivity contribution in [2.45, 2.75) is 45.3 Å². The molecule has 1 aromatic carbocycles. The maximum atomic E-state index is 11.8. The van der Waals surface area contributed by atoms with E-state index in [1.165, 1.54) is 0 Å². The lowest BCUT2D eigenvalue weighted by Crippen LogP contribution is -2.35. The van der Waals surface area contributed by atoms with Gasteiger partial charge in [0.1, 0.15) is 5.75 Å². The van der Waals surface area contributed by atoms with Crippen LogP contribution in [0.15, 0.2) is 24.3 Å². The molecule has 0 radical (unpaired) electrons. The molecule has 22 heavy (non-hydrogen) atoms. The van der Waals surface area contributed by atoms with Crippen LogP contribution in [0.2, 0.25) is 0 Å². The van der Waals surface area contributed by atoms with Gasteiger partial charge < -0.3 is 20.1 Å². The van der Waals surface area contributed by atoms with Gasteiger partial charge in [0.25, 0.3) is 0 Å². The topological polar surface area (TPSA) is 59.6 Å². The average Bonchev–Trinajstić information content (AvgIpc) is 3.04. The highest BCUT2D eigenvalue weighted by Crippen LogP contribution is 2.19. The van der Waals surface area contributed by atoms with Crippen LogP contribution in [0.1, 0.15) is 33.1 Å². The Morgan fingerprint density at radius 3 is 3.09 bits per heavy atom. The lowest BCUT2D eigenvalue weighted by Gasteiger charge is -2.14. The molecule has 122 valence electrons. The minimum Gasteiger partial charge on any atom is -0.491 e. The van der Waals surface area contributed by atoms with E-state index >= 15 is 0 Å². The SMILES string of the molecule is CCC(C)Oc1cccc(NCC(=O)NCC2CCCO2)c1. The lowest BCUT2D eigenvalue weighted by molar-refractivity contribution is -0.119. The summed E-state index contributed by atoms with van der Waals surface area (Å²) in [5.74, 6) is 0.794. The maximum Gasteiger partial charge on any atom is 0.239 e. The Bertz CT molecular complexity index is 473. The molecule has 1 saturated heterocycles. The quantitative estimate of drug-likeness (QED) is 0.775. The van der Waals surface area contributed by atoms with Gasteiger partial charge in [-0.1, -0.05) is 13.0 Å². The van der Waals surface area contributed by atoms with Crippen molar-refractivity contribution in [3.8, 4) is 5.75 Å². The molecule has 1 heterocycles. The molecular formula is C17H26N2O3. The number of hydrogen-bond donors (Lipinski definition) is 2. The van der Waals surface area contributed by atoms with E-state index < -0.39 is 0 Å². The van der Waals surface area contributed by atoms with Gasteiger partial charge in [-0.05, 0) is 38.3 Å². The van der Waals surface area contributed by atoms with Crippen molar-refractivity contribution in [3.63, 3.8) is 0 Å². The van der Waals surface area contributed by atoms with Gasteiger partial charge in [-0.15, -0.1) is 0 Å². The molecule has 0 aromatic heterocycles. The summed E-state index contributed by atoms with van der Waals surface area (Å²) in [6.07, 6.45) is 3.44. The molecule has 5 heteroatoms. The number of rotatable bonds is 8. The van der Waals surface area contributed by atoms with Gasteiger partial charge >= 0.3 is 0 Å². The number of benzene rings is 1. The number of hydrogen-bond acceptors (Lipinski definition) is 4. The van der Waals surface area contributed by atoms with E-state index in [9.17, 15) is 4.79 Å². The van der Waals surface area contributed by atoms with Crippen molar-refractivity contribution in [3.05, 3.63) is 24.3 Å². The summed E-state index contributed by atoms with van der Waals surface area (Å²) < 4.78 is 11.2. The Balaban J connectivity index is 1.73. The fourth-order valence-electron chi connectivity index (χ4n) is 2.27. The molecular weight excluding hydrogens is 280 g/mol. The molecule has 2 rings (SSSR count). The normalized spacial score (nSPS) is 18.7. The molecule has 1 fully saturated rings. The number of carbonyl (C=O) groups excluding carboxylic acids is 1. The molecule has 2 unspecified atom stereocenters. The van der Waals surface area contributed by atoms with Gasteiger partial charge in [-0.25, -0.2) is 0 Å². The number of amides is 1. The molecule has 0 bridgehead atoms. The first-order chi connectivity index (χ1) is 10.7. The minimum atomic E-state index is -0.0243. The van der Waals surface area contributed by atoms with Crippen molar-refractivity contribution < 1.29 is 14.3 Å². The predicted octanol–water partition coefficient (Wildman–Crippen LogP) is 2.57. The van der Waals surface area contributed by atoms with Crippen molar-refractivity contribution in [1.29, 1.82) is 0 Å². The summed E-state index contributed by atoms with van der Waals surface area (Å²) in [6, 6.07) is 7.69. The van der Waals surface area contributed by atoms with Gasteiger partial charge in [0.2, 0.25) is 5.91 Å². The lowest BCUT2D eigenvalue weighted by atomic mass is 10.2. The molecule has 1 aliphatic rings. The van der Waals surface area contributed by atoms with E-state index in [2.05, 4.69) is 17.6 Å².